The van der Waals surface area contributed by atoms with Crippen LogP contribution in [-0.2, 0) is 0 Å². The number of furan rings is 1. The molecule has 2 aromatic carbocycles. The van der Waals surface area contributed by atoms with Gasteiger partial charge in [0.05, 0.1) is 11.8 Å². The lowest BCUT2D eigenvalue weighted by molar-refractivity contribution is 0.0845. The molecule has 0 spiro atoms. The van der Waals surface area contributed by atoms with Gasteiger partial charge >= 0.3 is 0 Å². The van der Waals surface area contributed by atoms with Crippen LogP contribution in [0.3, 0.4) is 0 Å². The lowest BCUT2D eigenvalue weighted by Crippen LogP contribution is -2.41. The maximum Gasteiger partial charge on any atom is 0.273 e. The molecule has 0 radical (unpaired) electrons. The van der Waals surface area contributed by atoms with Crippen LogP contribution in [0.5, 0.6) is 11.5 Å². The van der Waals surface area contributed by atoms with Crippen molar-refractivity contribution in [2.75, 3.05) is 0 Å². The first-order chi connectivity index (χ1) is 12.1. The number of para-hydroxylation sites is 1. The van der Waals surface area contributed by atoms with Crippen LogP contribution in [0.2, 0.25) is 0 Å². The molecule has 0 fully saturated rings. The average Bonchev–Trinajstić information content (AvgIpc) is 3.06. The Morgan fingerprint density at radius 1 is 0.880 bits per heavy atom. The highest BCUT2D eigenvalue weighted by Gasteiger charge is 2.13. The third-order valence-corrected chi connectivity index (χ3v) is 3.47. The summed E-state index contributed by atoms with van der Waals surface area (Å²) in [7, 11) is 0. The summed E-state index contributed by atoms with van der Waals surface area (Å²) >= 11 is 0. The van der Waals surface area contributed by atoms with Crippen LogP contribution in [0, 0.1) is 6.92 Å². The van der Waals surface area contributed by atoms with Gasteiger partial charge in [0.1, 0.15) is 17.3 Å². The van der Waals surface area contributed by atoms with E-state index in [1.807, 2.05) is 30.3 Å². The minimum Gasteiger partial charge on any atom is -0.469 e. The number of amides is 2. The van der Waals surface area contributed by atoms with Gasteiger partial charge in [0.15, 0.2) is 0 Å². The van der Waals surface area contributed by atoms with E-state index in [9.17, 15) is 9.59 Å². The highest BCUT2D eigenvalue weighted by Crippen LogP contribution is 2.21. The summed E-state index contributed by atoms with van der Waals surface area (Å²) in [6.45, 7) is 1.67. The first kappa shape index (κ1) is 16.3. The molecule has 1 aromatic heterocycles. The van der Waals surface area contributed by atoms with Gasteiger partial charge in [-0.15, -0.1) is 0 Å². The van der Waals surface area contributed by atoms with E-state index in [0.29, 0.717) is 28.4 Å². The summed E-state index contributed by atoms with van der Waals surface area (Å²) in [5.74, 6) is 0.772. The van der Waals surface area contributed by atoms with E-state index in [1.165, 1.54) is 12.3 Å². The molecule has 126 valence electrons. The summed E-state index contributed by atoms with van der Waals surface area (Å²) in [5.41, 5.74) is 5.45. The number of aryl methyl sites for hydroxylation is 1. The van der Waals surface area contributed by atoms with E-state index in [0.717, 1.165) is 0 Å². The zero-order valence-electron chi connectivity index (χ0n) is 13.5. The summed E-state index contributed by atoms with van der Waals surface area (Å²) in [4.78, 5) is 24.2. The predicted octanol–water partition coefficient (Wildman–Crippen LogP) is 3.46. The highest BCUT2D eigenvalue weighted by atomic mass is 16.5. The number of carbonyl (C=O) groups is 2. The topological polar surface area (TPSA) is 80.6 Å². The number of ether oxygens (including phenoxy) is 1. The molecule has 1 heterocycles. The monoisotopic (exact) mass is 336 g/mol. The van der Waals surface area contributed by atoms with Gasteiger partial charge in [-0.2, -0.15) is 0 Å². The maximum absolute atomic E-state index is 12.2. The van der Waals surface area contributed by atoms with Crippen molar-refractivity contribution in [3.05, 3.63) is 83.8 Å². The molecule has 0 saturated carbocycles. The molecule has 2 amide bonds. The zero-order chi connectivity index (χ0) is 17.6. The number of benzene rings is 2. The fraction of sp³-hybridized carbons (Fsp3) is 0.0526. The van der Waals surface area contributed by atoms with E-state index < -0.39 is 11.8 Å². The Bertz CT molecular complexity index is 887. The fourth-order valence-electron chi connectivity index (χ4n) is 2.20. The molecule has 3 aromatic rings. The van der Waals surface area contributed by atoms with Gasteiger partial charge in [0, 0.05) is 5.56 Å². The number of hydrogen-bond acceptors (Lipinski definition) is 4. The van der Waals surface area contributed by atoms with Gasteiger partial charge in [-0.3, -0.25) is 20.4 Å². The number of rotatable bonds is 4. The first-order valence-corrected chi connectivity index (χ1v) is 7.61. The van der Waals surface area contributed by atoms with Gasteiger partial charge in [0.25, 0.3) is 11.8 Å². The highest BCUT2D eigenvalue weighted by molar-refractivity contribution is 5.99. The molecular weight excluding hydrogens is 320 g/mol. The van der Waals surface area contributed by atoms with Crippen molar-refractivity contribution >= 4 is 11.8 Å². The molecule has 0 saturated heterocycles. The zero-order valence-corrected chi connectivity index (χ0v) is 13.5. The van der Waals surface area contributed by atoms with Gasteiger partial charge in [-0.25, -0.2) is 0 Å². The molecule has 25 heavy (non-hydrogen) atoms. The summed E-state index contributed by atoms with van der Waals surface area (Å²) in [6.07, 6.45) is 1.41. The number of carbonyl (C=O) groups excluding carboxylic acids is 2. The van der Waals surface area contributed by atoms with Crippen molar-refractivity contribution in [3.8, 4) is 11.5 Å². The summed E-state index contributed by atoms with van der Waals surface area (Å²) in [5, 5.41) is 0. The third kappa shape index (κ3) is 4.06. The molecule has 0 bridgehead atoms. The second kappa shape index (κ2) is 7.35. The van der Waals surface area contributed by atoms with Gasteiger partial charge in [-0.1, -0.05) is 24.3 Å². The second-order valence-corrected chi connectivity index (χ2v) is 5.24. The van der Waals surface area contributed by atoms with Crippen molar-refractivity contribution in [2.24, 2.45) is 0 Å². The van der Waals surface area contributed by atoms with Gasteiger partial charge in [-0.05, 0) is 43.3 Å². The van der Waals surface area contributed by atoms with Crippen molar-refractivity contribution in [1.82, 2.24) is 10.9 Å². The molecule has 2 N–H and O–H groups in total. The van der Waals surface area contributed by atoms with E-state index >= 15 is 0 Å². The molecular formula is C19H16N2O4. The minimum absolute atomic E-state index is 0.359. The van der Waals surface area contributed by atoms with Crippen LogP contribution in [0.15, 0.2) is 71.3 Å². The van der Waals surface area contributed by atoms with E-state index in [4.69, 9.17) is 9.15 Å². The second-order valence-electron chi connectivity index (χ2n) is 5.24. The van der Waals surface area contributed by atoms with Gasteiger partial charge < -0.3 is 9.15 Å². The van der Waals surface area contributed by atoms with Crippen molar-refractivity contribution in [1.29, 1.82) is 0 Å². The van der Waals surface area contributed by atoms with Crippen LogP contribution in [0.4, 0.5) is 0 Å². The largest absolute Gasteiger partial charge is 0.469 e. The van der Waals surface area contributed by atoms with Crippen molar-refractivity contribution in [3.63, 3.8) is 0 Å². The Kier molecular flexibility index (Phi) is 4.80. The molecule has 0 aliphatic rings. The third-order valence-electron chi connectivity index (χ3n) is 3.47. The van der Waals surface area contributed by atoms with Crippen LogP contribution in [0.25, 0.3) is 0 Å². The Hall–Kier alpha value is -3.54. The number of hydrazine groups is 1. The molecule has 0 aliphatic heterocycles. The summed E-state index contributed by atoms with van der Waals surface area (Å²) < 4.78 is 10.7. The maximum atomic E-state index is 12.2. The smallest absolute Gasteiger partial charge is 0.273 e. The SMILES string of the molecule is Cc1occc1C(=O)NNC(=O)c1cccc(Oc2ccccc2)c1. The van der Waals surface area contributed by atoms with Gasteiger partial charge in [0.2, 0.25) is 0 Å². The lowest BCUT2D eigenvalue weighted by Gasteiger charge is -2.09. The minimum atomic E-state index is -0.451. The Morgan fingerprint density at radius 2 is 1.60 bits per heavy atom. The fourth-order valence-corrected chi connectivity index (χ4v) is 2.20. The molecule has 6 heteroatoms. The molecule has 0 aliphatic carbocycles. The normalized spacial score (nSPS) is 10.1. The number of nitrogens with one attached hydrogen (secondary N) is 2. The quantitative estimate of drug-likeness (QED) is 0.715. The van der Waals surface area contributed by atoms with Crippen LogP contribution >= 0.6 is 0 Å². The van der Waals surface area contributed by atoms with Crippen molar-refractivity contribution in [2.45, 2.75) is 6.92 Å². The Balaban J connectivity index is 1.63. The van der Waals surface area contributed by atoms with Crippen LogP contribution in [-0.4, -0.2) is 11.8 Å². The average molecular weight is 336 g/mol. The van der Waals surface area contributed by atoms with Crippen LogP contribution < -0.4 is 15.6 Å². The molecule has 0 unspecified atom stereocenters. The summed E-state index contributed by atoms with van der Waals surface area (Å²) in [6, 6.07) is 17.5. The first-order valence-electron chi connectivity index (χ1n) is 7.61. The lowest BCUT2D eigenvalue weighted by atomic mass is 10.2. The molecule has 6 nitrogen and oxygen atoms in total. The van der Waals surface area contributed by atoms with E-state index in [2.05, 4.69) is 10.9 Å². The van der Waals surface area contributed by atoms with E-state index in [1.54, 1.807) is 31.2 Å². The Labute approximate surface area is 144 Å². The van der Waals surface area contributed by atoms with Crippen molar-refractivity contribution < 1.29 is 18.7 Å². The van der Waals surface area contributed by atoms with E-state index in [-0.39, 0.29) is 0 Å². The Morgan fingerprint density at radius 3 is 2.32 bits per heavy atom. The molecule has 3 rings (SSSR count). The van der Waals surface area contributed by atoms with Crippen LogP contribution in [0.1, 0.15) is 26.5 Å². The standard InChI is InChI=1S/C19H16N2O4/c1-13-17(10-11-24-13)19(23)21-20-18(22)14-6-5-9-16(12-14)25-15-7-3-2-4-8-15/h2-12H,1H3,(H,20,22)(H,21,23). The predicted molar refractivity (Wildman–Crippen MR) is 91.3 cm³/mol. The molecule has 0 atom stereocenters. The number of hydrogen-bond donors (Lipinski definition) is 2.